The molecule has 1 fully saturated rings. The molecule has 1 aromatic rings. The van der Waals surface area contributed by atoms with E-state index in [0.29, 0.717) is 17.7 Å². The summed E-state index contributed by atoms with van der Waals surface area (Å²) in [7, 11) is 0. The van der Waals surface area contributed by atoms with E-state index in [2.05, 4.69) is 20.6 Å². The van der Waals surface area contributed by atoms with Gasteiger partial charge in [0.15, 0.2) is 0 Å². The Morgan fingerprint density at radius 1 is 1.29 bits per heavy atom. The standard InChI is InChI=1S/C9H15N5/c10-7-5-12-9(13-6-7)14-8-1-3-11-4-2-8/h5-6,8,11H,1-4,10H2,(H,12,13,14). The van der Waals surface area contributed by atoms with E-state index in [4.69, 9.17) is 5.73 Å². The Morgan fingerprint density at radius 2 is 1.93 bits per heavy atom. The molecule has 2 heterocycles. The number of nitrogens with zero attached hydrogens (tertiary/aromatic N) is 2. The molecule has 1 aliphatic heterocycles. The van der Waals surface area contributed by atoms with Crippen molar-refractivity contribution in [1.82, 2.24) is 15.3 Å². The van der Waals surface area contributed by atoms with Crippen LogP contribution in [0, 0.1) is 0 Å². The molecule has 5 nitrogen and oxygen atoms in total. The Hall–Kier alpha value is -1.36. The number of nitrogens with one attached hydrogen (secondary N) is 2. The van der Waals surface area contributed by atoms with Gasteiger partial charge in [0.2, 0.25) is 5.95 Å². The highest BCUT2D eigenvalue weighted by Crippen LogP contribution is 2.09. The van der Waals surface area contributed by atoms with Crippen LogP contribution >= 0.6 is 0 Å². The van der Waals surface area contributed by atoms with Crippen molar-refractivity contribution in [2.24, 2.45) is 0 Å². The molecule has 0 bridgehead atoms. The van der Waals surface area contributed by atoms with Crippen molar-refractivity contribution in [1.29, 1.82) is 0 Å². The van der Waals surface area contributed by atoms with E-state index in [1.165, 1.54) is 0 Å². The van der Waals surface area contributed by atoms with E-state index in [0.717, 1.165) is 25.9 Å². The molecule has 0 atom stereocenters. The molecule has 5 heteroatoms. The molecule has 0 saturated carbocycles. The zero-order valence-electron chi connectivity index (χ0n) is 8.03. The number of rotatable bonds is 2. The largest absolute Gasteiger partial charge is 0.396 e. The van der Waals surface area contributed by atoms with Crippen LogP contribution in [0.1, 0.15) is 12.8 Å². The molecule has 0 aromatic carbocycles. The highest BCUT2D eigenvalue weighted by atomic mass is 15.1. The van der Waals surface area contributed by atoms with Crippen molar-refractivity contribution in [3.63, 3.8) is 0 Å². The average Bonchev–Trinajstić information content (AvgIpc) is 2.23. The number of hydrogen-bond acceptors (Lipinski definition) is 5. The zero-order chi connectivity index (χ0) is 9.80. The van der Waals surface area contributed by atoms with Crippen molar-refractivity contribution < 1.29 is 0 Å². The molecule has 4 N–H and O–H groups in total. The summed E-state index contributed by atoms with van der Waals surface area (Å²) >= 11 is 0. The maximum Gasteiger partial charge on any atom is 0.222 e. The first-order valence-electron chi connectivity index (χ1n) is 4.89. The Labute approximate surface area is 83.1 Å². The fraction of sp³-hybridized carbons (Fsp3) is 0.556. The maximum absolute atomic E-state index is 5.50. The van der Waals surface area contributed by atoms with Crippen molar-refractivity contribution in [2.45, 2.75) is 18.9 Å². The fourth-order valence-electron chi connectivity index (χ4n) is 1.56. The smallest absolute Gasteiger partial charge is 0.222 e. The molecule has 1 aliphatic rings. The quantitative estimate of drug-likeness (QED) is 0.626. The van der Waals surface area contributed by atoms with Crippen LogP contribution in [0.25, 0.3) is 0 Å². The monoisotopic (exact) mass is 193 g/mol. The molecular formula is C9H15N5. The lowest BCUT2D eigenvalue weighted by Gasteiger charge is -2.23. The lowest BCUT2D eigenvalue weighted by Crippen LogP contribution is -2.35. The van der Waals surface area contributed by atoms with Gasteiger partial charge >= 0.3 is 0 Å². The van der Waals surface area contributed by atoms with E-state index in [1.54, 1.807) is 12.4 Å². The van der Waals surface area contributed by atoms with Crippen LogP contribution in [0.15, 0.2) is 12.4 Å². The Balaban J connectivity index is 1.92. The van der Waals surface area contributed by atoms with Gasteiger partial charge in [0.05, 0.1) is 18.1 Å². The molecule has 76 valence electrons. The van der Waals surface area contributed by atoms with Gasteiger partial charge in [-0.2, -0.15) is 0 Å². The topological polar surface area (TPSA) is 75.9 Å². The summed E-state index contributed by atoms with van der Waals surface area (Å²) in [5, 5.41) is 6.60. The van der Waals surface area contributed by atoms with Gasteiger partial charge in [-0.05, 0) is 25.9 Å². The van der Waals surface area contributed by atoms with Crippen LogP contribution < -0.4 is 16.4 Å². The van der Waals surface area contributed by atoms with Crippen LogP contribution in [0.2, 0.25) is 0 Å². The number of nitrogen functional groups attached to an aromatic ring is 1. The highest BCUT2D eigenvalue weighted by Gasteiger charge is 2.12. The summed E-state index contributed by atoms with van der Waals surface area (Å²) in [5.41, 5.74) is 6.10. The first-order chi connectivity index (χ1) is 6.84. The van der Waals surface area contributed by atoms with Crippen molar-refractivity contribution >= 4 is 11.6 Å². The second kappa shape index (κ2) is 4.23. The third-order valence-corrected chi connectivity index (χ3v) is 2.34. The third-order valence-electron chi connectivity index (χ3n) is 2.34. The zero-order valence-corrected chi connectivity index (χ0v) is 8.03. The van der Waals surface area contributed by atoms with Crippen LogP contribution in [0.5, 0.6) is 0 Å². The molecule has 0 radical (unpaired) electrons. The number of hydrogen-bond donors (Lipinski definition) is 3. The summed E-state index contributed by atoms with van der Waals surface area (Å²) in [6.45, 7) is 2.12. The van der Waals surface area contributed by atoms with E-state index < -0.39 is 0 Å². The molecule has 0 amide bonds. The van der Waals surface area contributed by atoms with Crippen LogP contribution in [0.4, 0.5) is 11.6 Å². The van der Waals surface area contributed by atoms with Crippen molar-refractivity contribution in [3.8, 4) is 0 Å². The summed E-state index contributed by atoms with van der Waals surface area (Å²) in [5.74, 6) is 0.672. The normalized spacial score (nSPS) is 18.0. The molecule has 0 unspecified atom stereocenters. The van der Waals surface area contributed by atoms with Gasteiger partial charge in [-0.1, -0.05) is 0 Å². The van der Waals surface area contributed by atoms with E-state index in [9.17, 15) is 0 Å². The van der Waals surface area contributed by atoms with Crippen LogP contribution in [-0.2, 0) is 0 Å². The van der Waals surface area contributed by atoms with Crippen LogP contribution in [-0.4, -0.2) is 29.1 Å². The lowest BCUT2D eigenvalue weighted by molar-refractivity contribution is 0.477. The number of piperidine rings is 1. The Bertz CT molecular complexity index is 278. The summed E-state index contributed by atoms with van der Waals surface area (Å²) in [6.07, 6.45) is 5.48. The molecule has 1 aromatic heterocycles. The minimum absolute atomic E-state index is 0.486. The second-order valence-corrected chi connectivity index (χ2v) is 3.51. The first-order valence-corrected chi connectivity index (χ1v) is 4.89. The van der Waals surface area contributed by atoms with Gasteiger partial charge in [0.1, 0.15) is 0 Å². The molecular weight excluding hydrogens is 178 g/mol. The molecule has 0 spiro atoms. The number of anilines is 2. The molecule has 2 rings (SSSR count). The molecule has 0 aliphatic carbocycles. The van der Waals surface area contributed by atoms with Gasteiger partial charge in [-0.15, -0.1) is 0 Å². The van der Waals surface area contributed by atoms with Gasteiger partial charge < -0.3 is 16.4 Å². The van der Waals surface area contributed by atoms with Crippen LogP contribution in [0.3, 0.4) is 0 Å². The van der Waals surface area contributed by atoms with E-state index >= 15 is 0 Å². The Kier molecular flexibility index (Phi) is 2.78. The first kappa shape index (κ1) is 9.21. The summed E-state index contributed by atoms with van der Waals surface area (Å²) in [4.78, 5) is 8.21. The fourth-order valence-corrected chi connectivity index (χ4v) is 1.56. The predicted molar refractivity (Wildman–Crippen MR) is 56.0 cm³/mol. The minimum Gasteiger partial charge on any atom is -0.396 e. The predicted octanol–water partition coefficient (Wildman–Crippen LogP) is 0.223. The average molecular weight is 193 g/mol. The maximum atomic E-state index is 5.50. The van der Waals surface area contributed by atoms with Gasteiger partial charge in [-0.3, -0.25) is 0 Å². The van der Waals surface area contributed by atoms with Gasteiger partial charge in [-0.25, -0.2) is 9.97 Å². The number of nitrogens with two attached hydrogens (primary N) is 1. The Morgan fingerprint density at radius 3 is 2.57 bits per heavy atom. The van der Waals surface area contributed by atoms with E-state index in [1.807, 2.05) is 0 Å². The highest BCUT2D eigenvalue weighted by molar-refractivity contribution is 5.36. The SMILES string of the molecule is Nc1cnc(NC2CCNCC2)nc1. The van der Waals surface area contributed by atoms with Gasteiger partial charge in [0.25, 0.3) is 0 Å². The second-order valence-electron chi connectivity index (χ2n) is 3.51. The van der Waals surface area contributed by atoms with Gasteiger partial charge in [0, 0.05) is 6.04 Å². The molecule has 14 heavy (non-hydrogen) atoms. The van der Waals surface area contributed by atoms with Crippen molar-refractivity contribution in [2.75, 3.05) is 24.1 Å². The lowest BCUT2D eigenvalue weighted by atomic mass is 10.1. The number of aromatic nitrogens is 2. The summed E-state index contributed by atoms with van der Waals surface area (Å²) < 4.78 is 0. The van der Waals surface area contributed by atoms with E-state index in [-0.39, 0.29) is 0 Å². The third kappa shape index (κ3) is 2.32. The van der Waals surface area contributed by atoms with Crippen molar-refractivity contribution in [3.05, 3.63) is 12.4 Å². The minimum atomic E-state index is 0.486. The summed E-state index contributed by atoms with van der Waals surface area (Å²) in [6, 6.07) is 0.486. The molecule has 1 saturated heterocycles.